The van der Waals surface area contributed by atoms with Crippen LogP contribution in [0.5, 0.6) is 0 Å². The number of benzene rings is 1. The van der Waals surface area contributed by atoms with Gasteiger partial charge in [0.05, 0.1) is 0 Å². The third kappa shape index (κ3) is 2.38. The number of hydrogen-bond donors (Lipinski definition) is 3. The van der Waals surface area contributed by atoms with E-state index >= 15 is 0 Å². The van der Waals surface area contributed by atoms with Gasteiger partial charge in [-0.1, -0.05) is 24.3 Å². The quantitative estimate of drug-likeness (QED) is 0.392. The van der Waals surface area contributed by atoms with Gasteiger partial charge in [-0.15, -0.1) is 0 Å². The Hall–Kier alpha value is -1.17. The van der Waals surface area contributed by atoms with E-state index in [2.05, 4.69) is 0 Å². The predicted molar refractivity (Wildman–Crippen MR) is 47.7 cm³/mol. The maximum Gasteiger partial charge on any atom is 0.488 e. The standard InChI is InChI=1S/C8H9BO4/c10-5-8(11)6-1-3-7(4-2-6)9(12)13/h1-4,10,12-13H,5H2. The van der Waals surface area contributed by atoms with Crippen molar-refractivity contribution in [3.63, 3.8) is 0 Å². The minimum absolute atomic E-state index is 0.314. The Morgan fingerprint density at radius 2 is 1.77 bits per heavy atom. The van der Waals surface area contributed by atoms with Crippen LogP contribution in [0.4, 0.5) is 0 Å². The van der Waals surface area contributed by atoms with Crippen molar-refractivity contribution in [3.8, 4) is 0 Å². The van der Waals surface area contributed by atoms with E-state index < -0.39 is 13.7 Å². The summed E-state index contributed by atoms with van der Waals surface area (Å²) < 4.78 is 0. The molecule has 0 spiro atoms. The number of Topliss-reactive ketones (excluding diaryl/α,β-unsaturated/α-hetero) is 1. The molecule has 0 fully saturated rings. The molecule has 0 radical (unpaired) electrons. The lowest BCUT2D eigenvalue weighted by Crippen LogP contribution is -2.29. The molecular formula is C8H9BO4. The first-order valence-electron chi connectivity index (χ1n) is 3.75. The van der Waals surface area contributed by atoms with E-state index in [0.717, 1.165) is 0 Å². The molecule has 3 N–H and O–H groups in total. The number of aliphatic hydroxyl groups excluding tert-OH is 1. The van der Waals surface area contributed by atoms with Crippen molar-refractivity contribution < 1.29 is 19.9 Å². The van der Waals surface area contributed by atoms with E-state index in [4.69, 9.17) is 15.2 Å². The highest BCUT2D eigenvalue weighted by molar-refractivity contribution is 6.58. The molecule has 0 aromatic heterocycles. The fourth-order valence-electron chi connectivity index (χ4n) is 0.932. The van der Waals surface area contributed by atoms with Crippen LogP contribution in [0.3, 0.4) is 0 Å². The first-order chi connectivity index (χ1) is 6.15. The zero-order valence-electron chi connectivity index (χ0n) is 6.84. The Kier molecular flexibility index (Phi) is 3.19. The Balaban J connectivity index is 2.87. The van der Waals surface area contributed by atoms with Crippen LogP contribution in [0.25, 0.3) is 0 Å². The average Bonchev–Trinajstić information content (AvgIpc) is 2.17. The first kappa shape index (κ1) is 9.92. The molecule has 0 bridgehead atoms. The molecule has 0 saturated heterocycles. The van der Waals surface area contributed by atoms with E-state index in [1.165, 1.54) is 24.3 Å². The van der Waals surface area contributed by atoms with Crippen LogP contribution in [-0.4, -0.2) is 34.7 Å². The molecule has 5 heteroatoms. The van der Waals surface area contributed by atoms with E-state index in [9.17, 15) is 4.79 Å². The monoisotopic (exact) mass is 180 g/mol. The van der Waals surface area contributed by atoms with Gasteiger partial charge in [-0.25, -0.2) is 0 Å². The highest BCUT2D eigenvalue weighted by atomic mass is 16.4. The normalized spacial score (nSPS) is 9.77. The molecule has 0 aliphatic rings. The van der Waals surface area contributed by atoms with Crippen molar-refractivity contribution in [1.82, 2.24) is 0 Å². The summed E-state index contributed by atoms with van der Waals surface area (Å²) in [6, 6.07) is 5.72. The number of ketones is 1. The minimum Gasteiger partial charge on any atom is -0.423 e. The minimum atomic E-state index is -1.53. The molecule has 0 aliphatic carbocycles. The second-order valence-corrected chi connectivity index (χ2v) is 2.58. The summed E-state index contributed by atoms with van der Waals surface area (Å²) >= 11 is 0. The lowest BCUT2D eigenvalue weighted by atomic mass is 9.80. The number of hydrogen-bond acceptors (Lipinski definition) is 4. The summed E-state index contributed by atoms with van der Waals surface area (Å²) in [7, 11) is -1.53. The predicted octanol–water partition coefficient (Wildman–Crippen LogP) is -1.46. The molecule has 0 atom stereocenters. The second kappa shape index (κ2) is 4.18. The molecule has 1 aromatic carbocycles. The van der Waals surface area contributed by atoms with Gasteiger partial charge in [0.15, 0.2) is 5.78 Å². The van der Waals surface area contributed by atoms with Gasteiger partial charge in [0.1, 0.15) is 6.61 Å². The van der Waals surface area contributed by atoms with Gasteiger partial charge in [0.2, 0.25) is 0 Å². The van der Waals surface area contributed by atoms with E-state index in [0.29, 0.717) is 11.0 Å². The van der Waals surface area contributed by atoms with Crippen LogP contribution < -0.4 is 5.46 Å². The largest absolute Gasteiger partial charge is 0.488 e. The molecule has 1 rings (SSSR count). The van der Waals surface area contributed by atoms with Crippen LogP contribution >= 0.6 is 0 Å². The smallest absolute Gasteiger partial charge is 0.423 e. The molecule has 1 aromatic rings. The SMILES string of the molecule is O=C(CO)c1ccc(B(O)O)cc1. The van der Waals surface area contributed by atoms with E-state index in [1.807, 2.05) is 0 Å². The fraction of sp³-hybridized carbons (Fsp3) is 0.125. The van der Waals surface area contributed by atoms with Gasteiger partial charge >= 0.3 is 7.12 Å². The van der Waals surface area contributed by atoms with Gasteiger partial charge in [0, 0.05) is 5.56 Å². The van der Waals surface area contributed by atoms with Crippen LogP contribution in [0, 0.1) is 0 Å². The van der Waals surface area contributed by atoms with Gasteiger partial charge in [0.25, 0.3) is 0 Å². The summed E-state index contributed by atoms with van der Waals surface area (Å²) in [5.74, 6) is -0.390. The molecule has 0 aliphatic heterocycles. The average molecular weight is 180 g/mol. The van der Waals surface area contributed by atoms with Crippen molar-refractivity contribution in [3.05, 3.63) is 29.8 Å². The molecule has 0 saturated carbocycles. The van der Waals surface area contributed by atoms with Crippen molar-refractivity contribution in [1.29, 1.82) is 0 Å². The lowest BCUT2D eigenvalue weighted by Gasteiger charge is -2.00. The number of aliphatic hydroxyl groups is 1. The zero-order valence-corrected chi connectivity index (χ0v) is 6.84. The highest BCUT2D eigenvalue weighted by Crippen LogP contribution is 1.98. The molecular weight excluding hydrogens is 171 g/mol. The Bertz CT molecular complexity index is 294. The maximum atomic E-state index is 10.9. The van der Waals surface area contributed by atoms with Crippen LogP contribution in [0.2, 0.25) is 0 Å². The summed E-state index contributed by atoms with van der Waals surface area (Å²) in [6.45, 7) is -0.541. The third-order valence-electron chi connectivity index (χ3n) is 1.67. The van der Waals surface area contributed by atoms with Crippen molar-refractivity contribution in [2.45, 2.75) is 0 Å². The molecule has 13 heavy (non-hydrogen) atoms. The van der Waals surface area contributed by atoms with E-state index in [-0.39, 0.29) is 5.78 Å². The second-order valence-electron chi connectivity index (χ2n) is 2.58. The number of carbonyl (C=O) groups excluding carboxylic acids is 1. The summed E-state index contributed by atoms with van der Waals surface area (Å²) in [6.07, 6.45) is 0. The van der Waals surface area contributed by atoms with Gasteiger partial charge in [-0.05, 0) is 5.46 Å². The topological polar surface area (TPSA) is 77.8 Å². The third-order valence-corrected chi connectivity index (χ3v) is 1.67. The number of rotatable bonds is 3. The van der Waals surface area contributed by atoms with Crippen LogP contribution in [0.15, 0.2) is 24.3 Å². The van der Waals surface area contributed by atoms with Gasteiger partial charge < -0.3 is 15.2 Å². The fourth-order valence-corrected chi connectivity index (χ4v) is 0.932. The number of carbonyl (C=O) groups is 1. The zero-order chi connectivity index (χ0) is 9.84. The summed E-state index contributed by atoms with van der Waals surface area (Å²) in [5.41, 5.74) is 0.668. The van der Waals surface area contributed by atoms with Crippen molar-refractivity contribution in [2.24, 2.45) is 0 Å². The summed E-state index contributed by atoms with van der Waals surface area (Å²) in [4.78, 5) is 10.9. The van der Waals surface area contributed by atoms with Crippen LogP contribution in [-0.2, 0) is 0 Å². The Morgan fingerprint density at radius 3 is 2.15 bits per heavy atom. The van der Waals surface area contributed by atoms with Gasteiger partial charge in [-0.3, -0.25) is 4.79 Å². The lowest BCUT2D eigenvalue weighted by molar-refractivity contribution is 0.0903. The molecule has 0 unspecified atom stereocenters. The van der Waals surface area contributed by atoms with E-state index in [1.54, 1.807) is 0 Å². The van der Waals surface area contributed by atoms with Crippen molar-refractivity contribution >= 4 is 18.4 Å². The molecule has 68 valence electrons. The highest BCUT2D eigenvalue weighted by Gasteiger charge is 2.11. The Labute approximate surface area is 75.6 Å². The Morgan fingerprint density at radius 1 is 1.23 bits per heavy atom. The first-order valence-corrected chi connectivity index (χ1v) is 3.75. The molecule has 0 heterocycles. The van der Waals surface area contributed by atoms with Crippen molar-refractivity contribution in [2.75, 3.05) is 6.61 Å². The summed E-state index contributed by atoms with van der Waals surface area (Å²) in [5, 5.41) is 26.0. The molecule has 4 nitrogen and oxygen atoms in total. The molecule has 0 amide bonds. The van der Waals surface area contributed by atoms with Gasteiger partial charge in [-0.2, -0.15) is 0 Å². The maximum absolute atomic E-state index is 10.9. The van der Waals surface area contributed by atoms with Crippen LogP contribution in [0.1, 0.15) is 10.4 Å².